The summed E-state index contributed by atoms with van der Waals surface area (Å²) >= 11 is 0. The molecule has 30 heavy (non-hydrogen) atoms. The maximum Gasteiger partial charge on any atom is 0.475 e. The second-order valence-corrected chi connectivity index (χ2v) is 7.29. The van der Waals surface area contributed by atoms with Crippen LogP contribution in [0.1, 0.15) is 11.1 Å². The fraction of sp³-hybridized carbons (Fsp3) is 0.125. The second kappa shape index (κ2) is 8.99. The minimum atomic E-state index is -1.68. The number of rotatable bonds is 7. The minimum Gasteiger partial charge on any atom is -0.464 e. The van der Waals surface area contributed by atoms with Gasteiger partial charge in [-0.05, 0) is 34.7 Å². The highest BCUT2D eigenvalue weighted by atomic mass is 16.4. The van der Waals surface area contributed by atoms with Gasteiger partial charge < -0.3 is 19.8 Å². The van der Waals surface area contributed by atoms with Gasteiger partial charge in [-0.1, -0.05) is 72.8 Å². The molecule has 3 aromatic carbocycles. The molecule has 0 aliphatic heterocycles. The van der Waals surface area contributed by atoms with Gasteiger partial charge >= 0.3 is 7.12 Å². The van der Waals surface area contributed by atoms with Crippen LogP contribution in [0.25, 0.3) is 22.1 Å². The first-order valence-corrected chi connectivity index (χ1v) is 9.85. The molecule has 1 aromatic heterocycles. The third kappa shape index (κ3) is 4.62. The van der Waals surface area contributed by atoms with Crippen molar-refractivity contribution in [2.75, 3.05) is 0 Å². The van der Waals surface area contributed by atoms with Crippen LogP contribution in [0.15, 0.2) is 89.5 Å². The van der Waals surface area contributed by atoms with Crippen LogP contribution in [-0.2, 0) is 17.6 Å². The van der Waals surface area contributed by atoms with Crippen LogP contribution in [-0.4, -0.2) is 29.0 Å². The number of hydrogen-bond donors (Lipinski definition) is 3. The van der Waals surface area contributed by atoms with Crippen molar-refractivity contribution in [3.63, 3.8) is 0 Å². The molecular weight excluding hydrogens is 377 g/mol. The number of fused-ring (bicyclic) bond motifs is 1. The number of furan rings is 1. The zero-order valence-electron chi connectivity index (χ0n) is 16.4. The Balaban J connectivity index is 1.41. The zero-order chi connectivity index (χ0) is 20.9. The monoisotopic (exact) mass is 399 g/mol. The number of nitrogens with one attached hydrogen (secondary N) is 1. The molecule has 0 radical (unpaired) electrons. The average molecular weight is 399 g/mol. The van der Waals surface area contributed by atoms with Gasteiger partial charge in [0.1, 0.15) is 5.58 Å². The highest BCUT2D eigenvalue weighted by molar-refractivity contribution is 6.43. The van der Waals surface area contributed by atoms with Gasteiger partial charge in [0.05, 0.1) is 18.6 Å². The van der Waals surface area contributed by atoms with E-state index in [0.717, 1.165) is 33.2 Å². The van der Waals surface area contributed by atoms with Gasteiger partial charge in [-0.3, -0.25) is 4.79 Å². The lowest BCUT2D eigenvalue weighted by atomic mass is 9.75. The summed E-state index contributed by atoms with van der Waals surface area (Å²) in [4.78, 5) is 12.5. The molecule has 5 nitrogen and oxygen atoms in total. The molecule has 0 fully saturated rings. The molecule has 4 aromatic rings. The van der Waals surface area contributed by atoms with Crippen molar-refractivity contribution in [1.82, 2.24) is 5.32 Å². The van der Waals surface area contributed by atoms with Crippen LogP contribution in [0.2, 0.25) is 0 Å². The molecule has 0 aliphatic rings. The first kappa shape index (κ1) is 19.9. The molecule has 0 saturated carbocycles. The first-order chi connectivity index (χ1) is 14.6. The van der Waals surface area contributed by atoms with Crippen LogP contribution < -0.4 is 5.32 Å². The molecular formula is C24H22BNO4. The Bertz CT molecular complexity index is 1120. The molecule has 0 aliphatic carbocycles. The summed E-state index contributed by atoms with van der Waals surface area (Å²) in [5.41, 5.74) is 4.59. The van der Waals surface area contributed by atoms with Crippen molar-refractivity contribution in [3.8, 4) is 11.1 Å². The van der Waals surface area contributed by atoms with E-state index >= 15 is 0 Å². The fourth-order valence-corrected chi connectivity index (χ4v) is 3.55. The maximum absolute atomic E-state index is 12.5. The quantitative estimate of drug-likeness (QED) is 0.416. The van der Waals surface area contributed by atoms with E-state index in [2.05, 4.69) is 5.32 Å². The van der Waals surface area contributed by atoms with Gasteiger partial charge in [0.25, 0.3) is 0 Å². The Morgan fingerprint density at radius 1 is 0.900 bits per heavy atom. The number of hydrogen-bond acceptors (Lipinski definition) is 4. The average Bonchev–Trinajstić information content (AvgIpc) is 3.17. The molecule has 0 spiro atoms. The number of carbonyl (C=O) groups excluding carboxylic acids is 1. The van der Waals surface area contributed by atoms with Gasteiger partial charge in [0.2, 0.25) is 5.91 Å². The molecule has 0 saturated heterocycles. The Morgan fingerprint density at radius 3 is 2.30 bits per heavy atom. The topological polar surface area (TPSA) is 82.7 Å². The summed E-state index contributed by atoms with van der Waals surface area (Å²) in [6.45, 7) is 0. The third-order valence-electron chi connectivity index (χ3n) is 5.13. The summed E-state index contributed by atoms with van der Waals surface area (Å²) in [5.74, 6) is -1.10. The Morgan fingerprint density at radius 2 is 1.57 bits per heavy atom. The van der Waals surface area contributed by atoms with E-state index in [-0.39, 0.29) is 18.7 Å². The largest absolute Gasteiger partial charge is 0.475 e. The zero-order valence-corrected chi connectivity index (χ0v) is 16.4. The van der Waals surface area contributed by atoms with Gasteiger partial charge in [-0.15, -0.1) is 0 Å². The Hall–Kier alpha value is -3.35. The van der Waals surface area contributed by atoms with Crippen molar-refractivity contribution < 1.29 is 19.3 Å². The normalized spacial score (nSPS) is 11.9. The van der Waals surface area contributed by atoms with E-state index < -0.39 is 13.1 Å². The second-order valence-electron chi connectivity index (χ2n) is 7.29. The summed E-state index contributed by atoms with van der Waals surface area (Å²) in [5, 5.41) is 23.2. The molecule has 1 heterocycles. The predicted molar refractivity (Wildman–Crippen MR) is 118 cm³/mol. The SMILES string of the molecule is O=C(Cc1ccc(-c2ccccc2)cc1)N[C@@H](Cc1coc2ccccc12)B(O)O. The molecule has 0 bridgehead atoms. The fourth-order valence-electron chi connectivity index (χ4n) is 3.55. The first-order valence-electron chi connectivity index (χ1n) is 9.85. The van der Waals surface area contributed by atoms with Crippen LogP contribution in [0.4, 0.5) is 0 Å². The van der Waals surface area contributed by atoms with Gasteiger partial charge in [0.15, 0.2) is 0 Å². The molecule has 1 amide bonds. The third-order valence-corrected chi connectivity index (χ3v) is 5.13. The van der Waals surface area contributed by atoms with Crippen molar-refractivity contribution in [3.05, 3.63) is 96.3 Å². The van der Waals surface area contributed by atoms with E-state index in [0.29, 0.717) is 0 Å². The highest BCUT2D eigenvalue weighted by Crippen LogP contribution is 2.22. The lowest BCUT2D eigenvalue weighted by Gasteiger charge is -2.17. The number of carbonyl (C=O) groups is 1. The Kier molecular flexibility index (Phi) is 5.98. The highest BCUT2D eigenvalue weighted by Gasteiger charge is 2.27. The lowest BCUT2D eigenvalue weighted by molar-refractivity contribution is -0.120. The summed E-state index contributed by atoms with van der Waals surface area (Å²) in [6.07, 6.45) is 2.01. The smallest absolute Gasteiger partial charge is 0.464 e. The summed E-state index contributed by atoms with van der Waals surface area (Å²) in [6, 6.07) is 25.3. The van der Waals surface area contributed by atoms with Crippen LogP contribution in [0, 0.1) is 0 Å². The van der Waals surface area contributed by atoms with Gasteiger partial charge in [0, 0.05) is 5.39 Å². The molecule has 0 unspecified atom stereocenters. The van der Waals surface area contributed by atoms with E-state index in [1.807, 2.05) is 78.9 Å². The van der Waals surface area contributed by atoms with Crippen LogP contribution in [0.5, 0.6) is 0 Å². The molecule has 3 N–H and O–H groups in total. The number of para-hydroxylation sites is 1. The van der Waals surface area contributed by atoms with Gasteiger partial charge in [-0.25, -0.2) is 0 Å². The van der Waals surface area contributed by atoms with Crippen LogP contribution >= 0.6 is 0 Å². The van der Waals surface area contributed by atoms with E-state index in [1.165, 1.54) is 0 Å². The molecule has 1 atom stereocenters. The van der Waals surface area contributed by atoms with Gasteiger partial charge in [-0.2, -0.15) is 0 Å². The van der Waals surface area contributed by atoms with Crippen molar-refractivity contribution in [2.45, 2.75) is 18.8 Å². The minimum absolute atomic E-state index is 0.157. The Labute approximate surface area is 175 Å². The van der Waals surface area contributed by atoms with Crippen molar-refractivity contribution in [1.29, 1.82) is 0 Å². The molecule has 6 heteroatoms. The van der Waals surface area contributed by atoms with Crippen molar-refractivity contribution >= 4 is 24.0 Å². The van der Waals surface area contributed by atoms with E-state index in [4.69, 9.17) is 4.42 Å². The van der Waals surface area contributed by atoms with E-state index in [9.17, 15) is 14.8 Å². The van der Waals surface area contributed by atoms with E-state index in [1.54, 1.807) is 6.26 Å². The number of amides is 1. The summed E-state index contributed by atoms with van der Waals surface area (Å²) < 4.78 is 5.50. The lowest BCUT2D eigenvalue weighted by Crippen LogP contribution is -2.48. The van der Waals surface area contributed by atoms with Crippen LogP contribution in [0.3, 0.4) is 0 Å². The summed E-state index contributed by atoms with van der Waals surface area (Å²) in [7, 11) is -1.68. The number of benzene rings is 3. The molecule has 150 valence electrons. The maximum atomic E-state index is 12.5. The predicted octanol–water partition coefficient (Wildman–Crippen LogP) is 3.38. The standard InChI is InChI=1S/C24H22BNO4/c27-24(14-17-10-12-19(13-11-17)18-6-2-1-3-7-18)26-23(25(28)29)15-20-16-30-22-9-5-4-8-21(20)22/h1-13,16,23,28-29H,14-15H2,(H,26,27)/t23-/m0/s1. The molecule has 4 rings (SSSR count). The van der Waals surface area contributed by atoms with Crippen molar-refractivity contribution in [2.24, 2.45) is 0 Å².